The Hall–Kier alpha value is -2.62. The highest BCUT2D eigenvalue weighted by Crippen LogP contribution is 2.42. The fourth-order valence-electron chi connectivity index (χ4n) is 3.00. The smallest absolute Gasteiger partial charge is 0.169 e. The molecule has 0 saturated carbocycles. The van der Waals surface area contributed by atoms with Gasteiger partial charge in [0.15, 0.2) is 23.0 Å². The zero-order valence-corrected chi connectivity index (χ0v) is 14.5. The first-order valence-electron chi connectivity index (χ1n) is 8.10. The van der Waals surface area contributed by atoms with Crippen molar-refractivity contribution in [1.29, 1.82) is 0 Å². The maximum atomic E-state index is 5.72. The predicted molar refractivity (Wildman–Crippen MR) is 96.9 cm³/mol. The first kappa shape index (κ1) is 16.2. The van der Waals surface area contributed by atoms with Crippen molar-refractivity contribution in [2.45, 2.75) is 13.8 Å². The summed E-state index contributed by atoms with van der Waals surface area (Å²) in [6.45, 7) is 5.10. The largest absolute Gasteiger partial charge is 0.493 e. The molecule has 0 radical (unpaired) electrons. The number of hydrogen-bond acceptors (Lipinski definition) is 4. The lowest BCUT2D eigenvalue weighted by Gasteiger charge is -2.16. The Morgan fingerprint density at radius 2 is 1.38 bits per heavy atom. The zero-order chi connectivity index (χ0) is 17.1. The summed E-state index contributed by atoms with van der Waals surface area (Å²) >= 11 is 0. The van der Waals surface area contributed by atoms with E-state index in [0.29, 0.717) is 19.0 Å². The number of fused-ring (bicyclic) bond motifs is 3. The van der Waals surface area contributed by atoms with E-state index in [1.54, 1.807) is 14.2 Å². The molecule has 4 heteroatoms. The van der Waals surface area contributed by atoms with Crippen LogP contribution in [-0.2, 0) is 0 Å². The Bertz CT molecular complexity index is 871. The van der Waals surface area contributed by atoms with Crippen molar-refractivity contribution in [3.63, 3.8) is 0 Å². The quantitative estimate of drug-likeness (QED) is 0.609. The second kappa shape index (κ2) is 6.87. The third-order valence-electron chi connectivity index (χ3n) is 4.01. The van der Waals surface area contributed by atoms with Crippen LogP contribution in [0.25, 0.3) is 21.5 Å². The Balaban J connectivity index is 2.37. The van der Waals surface area contributed by atoms with E-state index in [1.807, 2.05) is 38.1 Å². The molecule has 4 nitrogen and oxygen atoms in total. The predicted octanol–water partition coefficient (Wildman–Crippen LogP) is 4.81. The topological polar surface area (TPSA) is 36.9 Å². The maximum Gasteiger partial charge on any atom is 0.169 e. The van der Waals surface area contributed by atoms with Crippen LogP contribution in [0.4, 0.5) is 0 Å². The molecule has 0 aliphatic heterocycles. The van der Waals surface area contributed by atoms with Crippen LogP contribution in [0.5, 0.6) is 23.0 Å². The van der Waals surface area contributed by atoms with Gasteiger partial charge in [0.2, 0.25) is 0 Å². The molecule has 0 heterocycles. The van der Waals surface area contributed by atoms with Crippen molar-refractivity contribution in [3.8, 4) is 23.0 Å². The molecule has 3 aromatic rings. The standard InChI is InChI=1S/C20H22O4/c1-5-23-16-10-9-13-7-8-14-11-18(24-6-2)17(21-3)12-15(14)19(13)20(16)22-4/h7-12H,5-6H2,1-4H3. The lowest BCUT2D eigenvalue weighted by atomic mass is 10.00. The third kappa shape index (κ3) is 2.68. The van der Waals surface area contributed by atoms with Crippen molar-refractivity contribution in [2.75, 3.05) is 27.4 Å². The molecule has 0 spiro atoms. The van der Waals surface area contributed by atoms with Gasteiger partial charge in [-0.1, -0.05) is 18.2 Å². The summed E-state index contributed by atoms with van der Waals surface area (Å²) in [4.78, 5) is 0. The van der Waals surface area contributed by atoms with Crippen LogP contribution in [0.3, 0.4) is 0 Å². The number of ether oxygens (including phenoxy) is 4. The van der Waals surface area contributed by atoms with Crippen molar-refractivity contribution < 1.29 is 18.9 Å². The highest BCUT2D eigenvalue weighted by molar-refractivity contribution is 6.12. The van der Waals surface area contributed by atoms with Crippen molar-refractivity contribution in [1.82, 2.24) is 0 Å². The molecule has 0 aliphatic rings. The molecular weight excluding hydrogens is 304 g/mol. The van der Waals surface area contributed by atoms with Crippen LogP contribution < -0.4 is 18.9 Å². The van der Waals surface area contributed by atoms with Crippen LogP contribution in [0.1, 0.15) is 13.8 Å². The van der Waals surface area contributed by atoms with Crippen molar-refractivity contribution >= 4 is 21.5 Å². The molecule has 3 aromatic carbocycles. The van der Waals surface area contributed by atoms with E-state index in [2.05, 4.69) is 12.1 Å². The van der Waals surface area contributed by atoms with Gasteiger partial charge in [0.1, 0.15) is 0 Å². The summed E-state index contributed by atoms with van der Waals surface area (Å²) in [6, 6.07) is 12.2. The highest BCUT2D eigenvalue weighted by Gasteiger charge is 2.15. The van der Waals surface area contributed by atoms with Crippen LogP contribution in [0.15, 0.2) is 36.4 Å². The fraction of sp³-hybridized carbons (Fsp3) is 0.300. The average molecular weight is 326 g/mol. The van der Waals surface area contributed by atoms with Gasteiger partial charge >= 0.3 is 0 Å². The third-order valence-corrected chi connectivity index (χ3v) is 4.01. The van der Waals surface area contributed by atoms with Crippen LogP contribution in [-0.4, -0.2) is 27.4 Å². The van der Waals surface area contributed by atoms with E-state index in [-0.39, 0.29) is 0 Å². The molecule has 0 unspecified atom stereocenters. The molecule has 0 N–H and O–H groups in total. The van der Waals surface area contributed by atoms with Gasteiger partial charge in [0, 0.05) is 5.39 Å². The van der Waals surface area contributed by atoms with Gasteiger partial charge in [0.05, 0.1) is 27.4 Å². The van der Waals surface area contributed by atoms with Gasteiger partial charge in [-0.25, -0.2) is 0 Å². The van der Waals surface area contributed by atoms with Gasteiger partial charge in [-0.2, -0.15) is 0 Å². The molecule has 0 saturated heterocycles. The van der Waals surface area contributed by atoms with Crippen LogP contribution >= 0.6 is 0 Å². The van der Waals surface area contributed by atoms with E-state index >= 15 is 0 Å². The second-order valence-electron chi connectivity index (χ2n) is 5.35. The fourth-order valence-corrected chi connectivity index (χ4v) is 3.00. The monoisotopic (exact) mass is 326 g/mol. The van der Waals surface area contributed by atoms with Crippen molar-refractivity contribution in [2.24, 2.45) is 0 Å². The minimum atomic E-state index is 0.588. The number of methoxy groups -OCH3 is 2. The maximum absolute atomic E-state index is 5.72. The van der Waals surface area contributed by atoms with Gasteiger partial charge in [-0.05, 0) is 48.2 Å². The second-order valence-corrected chi connectivity index (χ2v) is 5.35. The number of hydrogen-bond donors (Lipinski definition) is 0. The summed E-state index contributed by atoms with van der Waals surface area (Å²) < 4.78 is 22.6. The molecule has 0 amide bonds. The van der Waals surface area contributed by atoms with Gasteiger partial charge < -0.3 is 18.9 Å². The molecule has 3 rings (SSSR count). The molecular formula is C20H22O4. The molecule has 0 bridgehead atoms. The molecule has 0 fully saturated rings. The summed E-state index contributed by atoms with van der Waals surface area (Å²) in [6.07, 6.45) is 0. The first-order valence-corrected chi connectivity index (χ1v) is 8.10. The van der Waals surface area contributed by atoms with E-state index < -0.39 is 0 Å². The summed E-state index contributed by atoms with van der Waals surface area (Å²) in [7, 11) is 3.32. The van der Waals surface area contributed by atoms with E-state index in [0.717, 1.165) is 38.8 Å². The Morgan fingerprint density at radius 3 is 2.04 bits per heavy atom. The van der Waals surface area contributed by atoms with Gasteiger partial charge in [0.25, 0.3) is 0 Å². The van der Waals surface area contributed by atoms with Gasteiger partial charge in [-0.15, -0.1) is 0 Å². The lowest BCUT2D eigenvalue weighted by molar-refractivity contribution is 0.311. The van der Waals surface area contributed by atoms with E-state index in [9.17, 15) is 0 Å². The van der Waals surface area contributed by atoms with Gasteiger partial charge in [-0.3, -0.25) is 0 Å². The lowest BCUT2D eigenvalue weighted by Crippen LogP contribution is -1.97. The Labute approximate surface area is 141 Å². The SMILES string of the molecule is CCOc1cc2ccc3ccc(OCC)c(OC)c3c2cc1OC. The normalized spacial score (nSPS) is 10.8. The number of rotatable bonds is 6. The minimum Gasteiger partial charge on any atom is -0.493 e. The first-order chi connectivity index (χ1) is 11.7. The minimum absolute atomic E-state index is 0.588. The molecule has 24 heavy (non-hydrogen) atoms. The molecule has 126 valence electrons. The summed E-state index contributed by atoms with van der Waals surface area (Å²) in [5, 5.41) is 4.22. The van der Waals surface area contributed by atoms with E-state index in [1.165, 1.54) is 0 Å². The summed E-state index contributed by atoms with van der Waals surface area (Å²) in [5.74, 6) is 2.94. The molecule has 0 aromatic heterocycles. The Kier molecular flexibility index (Phi) is 4.65. The Morgan fingerprint density at radius 1 is 0.708 bits per heavy atom. The zero-order valence-electron chi connectivity index (χ0n) is 14.5. The summed E-state index contributed by atoms with van der Waals surface area (Å²) in [5.41, 5.74) is 0. The van der Waals surface area contributed by atoms with Crippen LogP contribution in [0, 0.1) is 0 Å². The number of benzene rings is 3. The molecule has 0 atom stereocenters. The highest BCUT2D eigenvalue weighted by atomic mass is 16.5. The van der Waals surface area contributed by atoms with Crippen LogP contribution in [0.2, 0.25) is 0 Å². The van der Waals surface area contributed by atoms with E-state index in [4.69, 9.17) is 18.9 Å². The molecule has 0 aliphatic carbocycles. The van der Waals surface area contributed by atoms with Crippen molar-refractivity contribution in [3.05, 3.63) is 36.4 Å². The average Bonchev–Trinajstić information content (AvgIpc) is 2.61.